The van der Waals surface area contributed by atoms with Crippen LogP contribution in [0.4, 0.5) is 0 Å². The zero-order valence-corrected chi connectivity index (χ0v) is 14.9. The SMILES string of the molecule is Oc1ccc(-c2cc(-c3ccc(O)cc3)c3ccc4cccnc4c3n2)cc1. The normalized spacial score (nSPS) is 11.1. The van der Waals surface area contributed by atoms with Gasteiger partial charge in [-0.05, 0) is 59.7 Å². The van der Waals surface area contributed by atoms with E-state index in [-0.39, 0.29) is 11.5 Å². The Morgan fingerprint density at radius 3 is 2.04 bits per heavy atom. The number of pyridine rings is 2. The minimum Gasteiger partial charge on any atom is -0.508 e. The van der Waals surface area contributed by atoms with Crippen molar-refractivity contribution in [1.29, 1.82) is 0 Å². The van der Waals surface area contributed by atoms with Crippen LogP contribution < -0.4 is 0 Å². The van der Waals surface area contributed by atoms with E-state index in [1.54, 1.807) is 30.5 Å². The van der Waals surface area contributed by atoms with E-state index in [1.165, 1.54) is 0 Å². The molecule has 134 valence electrons. The second-order valence-corrected chi connectivity index (χ2v) is 6.69. The van der Waals surface area contributed by atoms with Crippen molar-refractivity contribution < 1.29 is 10.2 Å². The number of hydrogen-bond donors (Lipinski definition) is 2. The lowest BCUT2D eigenvalue weighted by Gasteiger charge is -2.12. The standard InChI is InChI=1S/C24H16N2O2/c27-18-8-3-15(4-9-18)21-14-22(16-5-10-19(28)11-6-16)26-24-20(21)12-7-17-2-1-13-25-23(17)24/h1-14,27-28H. The van der Waals surface area contributed by atoms with E-state index in [2.05, 4.69) is 17.1 Å². The minimum atomic E-state index is 0.218. The summed E-state index contributed by atoms with van der Waals surface area (Å²) < 4.78 is 0. The summed E-state index contributed by atoms with van der Waals surface area (Å²) in [5.74, 6) is 0.448. The molecule has 2 heterocycles. The van der Waals surface area contributed by atoms with Gasteiger partial charge >= 0.3 is 0 Å². The van der Waals surface area contributed by atoms with Crippen LogP contribution in [0, 0.1) is 0 Å². The van der Waals surface area contributed by atoms with Gasteiger partial charge in [-0.3, -0.25) is 4.98 Å². The maximum absolute atomic E-state index is 9.67. The Balaban J connectivity index is 1.87. The molecule has 4 nitrogen and oxygen atoms in total. The number of aromatic nitrogens is 2. The predicted octanol–water partition coefficient (Wildman–Crippen LogP) is 5.53. The molecule has 0 bridgehead atoms. The Labute approximate surface area is 161 Å². The number of phenols is 2. The lowest BCUT2D eigenvalue weighted by molar-refractivity contribution is 0.475. The summed E-state index contributed by atoms with van der Waals surface area (Å²) in [4.78, 5) is 9.48. The first-order chi connectivity index (χ1) is 13.7. The van der Waals surface area contributed by atoms with E-state index < -0.39 is 0 Å². The molecule has 2 aromatic heterocycles. The number of nitrogens with zero attached hydrogens (tertiary/aromatic N) is 2. The quantitative estimate of drug-likeness (QED) is 0.404. The van der Waals surface area contributed by atoms with E-state index >= 15 is 0 Å². The molecule has 0 spiro atoms. The van der Waals surface area contributed by atoms with Crippen molar-refractivity contribution in [2.75, 3.05) is 0 Å². The van der Waals surface area contributed by atoms with Crippen LogP contribution in [-0.2, 0) is 0 Å². The van der Waals surface area contributed by atoms with E-state index in [9.17, 15) is 10.2 Å². The van der Waals surface area contributed by atoms with Crippen molar-refractivity contribution >= 4 is 21.8 Å². The number of benzene rings is 3. The largest absolute Gasteiger partial charge is 0.508 e. The molecule has 0 amide bonds. The molecule has 5 aromatic rings. The van der Waals surface area contributed by atoms with Gasteiger partial charge in [0, 0.05) is 22.5 Å². The fourth-order valence-electron chi connectivity index (χ4n) is 3.49. The zero-order chi connectivity index (χ0) is 19.1. The third-order valence-corrected chi connectivity index (χ3v) is 4.89. The maximum atomic E-state index is 9.67. The van der Waals surface area contributed by atoms with Crippen LogP contribution >= 0.6 is 0 Å². The van der Waals surface area contributed by atoms with Crippen molar-refractivity contribution in [3.8, 4) is 33.9 Å². The molecule has 5 rings (SSSR count). The number of rotatable bonds is 2. The van der Waals surface area contributed by atoms with Gasteiger partial charge in [-0.25, -0.2) is 4.98 Å². The smallest absolute Gasteiger partial charge is 0.115 e. The molecule has 2 N–H and O–H groups in total. The zero-order valence-electron chi connectivity index (χ0n) is 14.9. The molecule has 0 fully saturated rings. The molecule has 0 aliphatic rings. The van der Waals surface area contributed by atoms with Gasteiger partial charge in [0.05, 0.1) is 16.7 Å². The molecule has 28 heavy (non-hydrogen) atoms. The van der Waals surface area contributed by atoms with Crippen LogP contribution in [0.15, 0.2) is 85.1 Å². The number of hydrogen-bond acceptors (Lipinski definition) is 4. The maximum Gasteiger partial charge on any atom is 0.115 e. The summed E-state index contributed by atoms with van der Waals surface area (Å²) in [7, 11) is 0. The van der Waals surface area contributed by atoms with Gasteiger partial charge in [-0.1, -0.05) is 30.3 Å². The first-order valence-corrected chi connectivity index (χ1v) is 8.96. The van der Waals surface area contributed by atoms with Crippen LogP contribution in [0.25, 0.3) is 44.2 Å². The average molecular weight is 364 g/mol. The van der Waals surface area contributed by atoms with Crippen LogP contribution in [0.2, 0.25) is 0 Å². The molecule has 0 aliphatic carbocycles. The van der Waals surface area contributed by atoms with Gasteiger partial charge in [-0.15, -0.1) is 0 Å². The average Bonchev–Trinajstić information content (AvgIpc) is 2.74. The van der Waals surface area contributed by atoms with Crippen LogP contribution in [0.1, 0.15) is 0 Å². The van der Waals surface area contributed by atoms with Gasteiger partial charge < -0.3 is 10.2 Å². The van der Waals surface area contributed by atoms with E-state index in [0.717, 1.165) is 44.2 Å². The first kappa shape index (κ1) is 16.3. The Kier molecular flexibility index (Phi) is 3.69. The monoisotopic (exact) mass is 364 g/mol. The second-order valence-electron chi connectivity index (χ2n) is 6.69. The Morgan fingerprint density at radius 2 is 1.32 bits per heavy atom. The van der Waals surface area contributed by atoms with Gasteiger partial charge in [-0.2, -0.15) is 0 Å². The summed E-state index contributed by atoms with van der Waals surface area (Å²) in [5, 5.41) is 21.3. The molecule has 4 heteroatoms. The molecule has 0 aliphatic heterocycles. The predicted molar refractivity (Wildman–Crippen MR) is 111 cm³/mol. The highest BCUT2D eigenvalue weighted by Gasteiger charge is 2.13. The first-order valence-electron chi connectivity index (χ1n) is 8.96. The molecule has 3 aromatic carbocycles. The number of aromatic hydroxyl groups is 2. The fourth-order valence-corrected chi connectivity index (χ4v) is 3.49. The third-order valence-electron chi connectivity index (χ3n) is 4.89. The van der Waals surface area contributed by atoms with Crippen molar-refractivity contribution in [1.82, 2.24) is 9.97 Å². The third kappa shape index (κ3) is 2.72. The summed E-state index contributed by atoms with van der Waals surface area (Å²) in [6.45, 7) is 0. The Morgan fingerprint density at radius 1 is 0.643 bits per heavy atom. The van der Waals surface area contributed by atoms with Gasteiger partial charge in [0.15, 0.2) is 0 Å². The lowest BCUT2D eigenvalue weighted by atomic mass is 9.97. The van der Waals surface area contributed by atoms with E-state index in [4.69, 9.17) is 4.98 Å². The molecule has 0 saturated carbocycles. The van der Waals surface area contributed by atoms with Crippen LogP contribution in [0.5, 0.6) is 11.5 Å². The summed E-state index contributed by atoms with van der Waals surface area (Å²) >= 11 is 0. The molecule has 0 radical (unpaired) electrons. The van der Waals surface area contributed by atoms with Gasteiger partial charge in [0.1, 0.15) is 11.5 Å². The summed E-state index contributed by atoms with van der Waals surface area (Å²) in [6.07, 6.45) is 1.77. The van der Waals surface area contributed by atoms with E-state index in [0.29, 0.717) is 0 Å². The van der Waals surface area contributed by atoms with E-state index in [1.807, 2.05) is 42.5 Å². The summed E-state index contributed by atoms with van der Waals surface area (Å²) in [6, 6.07) is 24.3. The van der Waals surface area contributed by atoms with Crippen molar-refractivity contribution in [3.63, 3.8) is 0 Å². The molecule has 0 saturated heterocycles. The Bertz CT molecular complexity index is 1310. The molecular formula is C24H16N2O2. The topological polar surface area (TPSA) is 66.2 Å². The second kappa shape index (κ2) is 6.35. The molecule has 0 atom stereocenters. The molecular weight excluding hydrogens is 348 g/mol. The summed E-state index contributed by atoms with van der Waals surface area (Å²) in [5.41, 5.74) is 5.38. The van der Waals surface area contributed by atoms with Crippen molar-refractivity contribution in [2.45, 2.75) is 0 Å². The Hall–Kier alpha value is -3.92. The van der Waals surface area contributed by atoms with Crippen molar-refractivity contribution in [3.05, 3.63) is 85.1 Å². The fraction of sp³-hybridized carbons (Fsp3) is 0. The van der Waals surface area contributed by atoms with Gasteiger partial charge in [0.2, 0.25) is 0 Å². The highest BCUT2D eigenvalue weighted by molar-refractivity contribution is 6.09. The highest BCUT2D eigenvalue weighted by atomic mass is 16.3. The van der Waals surface area contributed by atoms with Gasteiger partial charge in [0.25, 0.3) is 0 Å². The number of phenolic OH excluding ortho intramolecular Hbond substituents is 2. The molecule has 0 unspecified atom stereocenters. The van der Waals surface area contributed by atoms with Crippen molar-refractivity contribution in [2.24, 2.45) is 0 Å². The number of fused-ring (bicyclic) bond motifs is 3. The minimum absolute atomic E-state index is 0.218. The highest BCUT2D eigenvalue weighted by Crippen LogP contribution is 2.35. The lowest BCUT2D eigenvalue weighted by Crippen LogP contribution is -1.92. The van der Waals surface area contributed by atoms with Crippen LogP contribution in [0.3, 0.4) is 0 Å². The van der Waals surface area contributed by atoms with Crippen LogP contribution in [-0.4, -0.2) is 20.2 Å².